The third-order valence-electron chi connectivity index (χ3n) is 5.19. The average molecular weight is 508 g/mol. The van der Waals surface area contributed by atoms with Crippen molar-refractivity contribution in [3.05, 3.63) is 89.7 Å². The van der Waals surface area contributed by atoms with Gasteiger partial charge in [-0.05, 0) is 35.4 Å². The fourth-order valence-corrected chi connectivity index (χ4v) is 5.71. The molecular weight excluding hydrogens is 486 g/mol. The lowest BCUT2D eigenvalue weighted by molar-refractivity contribution is -0.133. The van der Waals surface area contributed by atoms with Crippen LogP contribution in [0.15, 0.2) is 77.1 Å². The summed E-state index contributed by atoms with van der Waals surface area (Å²) >= 11 is 1.16. The van der Waals surface area contributed by atoms with E-state index in [0.717, 1.165) is 27.3 Å². The maximum absolute atomic E-state index is 12.8. The molecule has 0 saturated heterocycles. The number of terminal acetylenes is 1. The highest BCUT2D eigenvalue weighted by atomic mass is 32.2. The summed E-state index contributed by atoms with van der Waals surface area (Å²) in [6.45, 7) is -0.120. The summed E-state index contributed by atoms with van der Waals surface area (Å²) in [5.41, 5.74) is 4.38. The lowest BCUT2D eigenvalue weighted by Crippen LogP contribution is -2.32. The van der Waals surface area contributed by atoms with Crippen LogP contribution in [0.1, 0.15) is 22.9 Å². The monoisotopic (exact) mass is 507 g/mol. The van der Waals surface area contributed by atoms with Crippen molar-refractivity contribution in [3.8, 4) is 22.8 Å². The van der Waals surface area contributed by atoms with Crippen LogP contribution in [0.3, 0.4) is 0 Å². The normalized spacial score (nSPS) is 12.1. The molecule has 4 rings (SSSR count). The van der Waals surface area contributed by atoms with E-state index in [4.69, 9.17) is 6.42 Å². The lowest BCUT2D eigenvalue weighted by Gasteiger charge is -2.14. The number of carbonyl (C=O) groups is 1. The largest absolute Gasteiger partial charge is 0.289 e. The summed E-state index contributed by atoms with van der Waals surface area (Å²) in [5.74, 6) is 1.84. The van der Waals surface area contributed by atoms with Gasteiger partial charge in [0.1, 0.15) is 10.3 Å². The number of amides is 1. The Morgan fingerprint density at radius 2 is 1.86 bits per heavy atom. The van der Waals surface area contributed by atoms with Gasteiger partial charge in [-0.2, -0.15) is 0 Å². The van der Waals surface area contributed by atoms with E-state index < -0.39 is 22.0 Å². The Labute approximate surface area is 206 Å². The number of thiophene rings is 1. The van der Waals surface area contributed by atoms with E-state index in [1.54, 1.807) is 41.9 Å². The van der Waals surface area contributed by atoms with Crippen LogP contribution < -0.4 is 10.2 Å². The van der Waals surface area contributed by atoms with Gasteiger partial charge in [-0.25, -0.2) is 23.3 Å². The first-order valence-electron chi connectivity index (χ1n) is 10.4. The minimum absolute atomic E-state index is 0.120. The van der Waals surface area contributed by atoms with E-state index >= 15 is 0 Å². The number of carbonyl (C=O) groups excluding carboxylic acids is 1. The quantitative estimate of drug-likeness (QED) is 0.182. The molecule has 0 spiro atoms. The molecule has 0 saturated carbocycles. The Hall–Kier alpha value is -3.82. The number of benzene rings is 2. The second-order valence-electron chi connectivity index (χ2n) is 7.54. The number of nitrogens with one attached hydrogen (secondary N) is 2. The molecule has 9 nitrogen and oxygen atoms in total. The number of rotatable bonds is 9. The van der Waals surface area contributed by atoms with Crippen LogP contribution in [-0.4, -0.2) is 34.5 Å². The molecule has 1 atom stereocenters. The van der Waals surface area contributed by atoms with Crippen molar-refractivity contribution < 1.29 is 18.4 Å². The second-order valence-corrected chi connectivity index (χ2v) is 10.6. The Morgan fingerprint density at radius 1 is 1.11 bits per heavy atom. The zero-order valence-corrected chi connectivity index (χ0v) is 20.0. The smallest absolute Gasteiger partial charge is 0.268 e. The van der Waals surface area contributed by atoms with Crippen molar-refractivity contribution >= 4 is 27.3 Å². The van der Waals surface area contributed by atoms with Crippen molar-refractivity contribution in [2.45, 2.75) is 23.2 Å². The predicted molar refractivity (Wildman–Crippen MR) is 131 cm³/mol. The number of hydrogen-bond acceptors (Lipinski definition) is 7. The van der Waals surface area contributed by atoms with Gasteiger partial charge < -0.3 is 0 Å². The maximum Gasteiger partial charge on any atom is 0.268 e. The Balaban J connectivity index is 1.45. The molecule has 0 radical (unpaired) electrons. The fourth-order valence-electron chi connectivity index (χ4n) is 3.35. The first kappa shape index (κ1) is 24.3. The number of sulfonamides is 1. The summed E-state index contributed by atoms with van der Waals surface area (Å²) in [6.07, 6.45) is 7.04. The summed E-state index contributed by atoms with van der Waals surface area (Å²) < 4.78 is 29.5. The molecule has 0 unspecified atom stereocenters. The van der Waals surface area contributed by atoms with E-state index in [2.05, 4.69) is 21.0 Å². The van der Waals surface area contributed by atoms with Crippen LogP contribution in [0.4, 0.5) is 0 Å². The molecule has 0 aliphatic carbocycles. The van der Waals surface area contributed by atoms with Gasteiger partial charge in [0.15, 0.2) is 0 Å². The Kier molecular flexibility index (Phi) is 7.38. The molecule has 2 aromatic carbocycles. The van der Waals surface area contributed by atoms with Gasteiger partial charge in [0, 0.05) is 16.9 Å². The molecule has 35 heavy (non-hydrogen) atoms. The van der Waals surface area contributed by atoms with Gasteiger partial charge in [0.25, 0.3) is 5.91 Å². The van der Waals surface area contributed by atoms with Crippen molar-refractivity contribution in [3.63, 3.8) is 0 Å². The Morgan fingerprint density at radius 3 is 2.54 bits per heavy atom. The van der Waals surface area contributed by atoms with Gasteiger partial charge in [0.05, 0.1) is 18.4 Å². The molecule has 0 aliphatic heterocycles. The summed E-state index contributed by atoms with van der Waals surface area (Å²) in [5, 5.41) is 17.1. The molecular formula is C24H21N5O4S2. The molecule has 2 heterocycles. The van der Waals surface area contributed by atoms with Crippen LogP contribution in [0.2, 0.25) is 0 Å². The van der Waals surface area contributed by atoms with Gasteiger partial charge in [-0.1, -0.05) is 53.6 Å². The topological polar surface area (TPSA) is 126 Å². The van der Waals surface area contributed by atoms with Crippen molar-refractivity contribution in [1.29, 1.82) is 0 Å². The van der Waals surface area contributed by atoms with E-state index in [1.807, 2.05) is 30.3 Å². The minimum Gasteiger partial charge on any atom is -0.289 e. The molecule has 2 aromatic heterocycles. The number of hydroxylamine groups is 1. The first-order valence-corrected chi connectivity index (χ1v) is 12.7. The van der Waals surface area contributed by atoms with Crippen LogP contribution in [0.25, 0.3) is 10.4 Å². The van der Waals surface area contributed by atoms with E-state index in [1.165, 1.54) is 10.9 Å². The van der Waals surface area contributed by atoms with Crippen molar-refractivity contribution in [2.75, 3.05) is 0 Å². The molecule has 11 heteroatoms. The van der Waals surface area contributed by atoms with Crippen molar-refractivity contribution in [2.24, 2.45) is 0 Å². The molecule has 0 fully saturated rings. The molecule has 0 aliphatic rings. The average Bonchev–Trinajstić information content (AvgIpc) is 3.57. The Bertz CT molecular complexity index is 1460. The highest BCUT2D eigenvalue weighted by Gasteiger charge is 2.23. The molecule has 0 bridgehead atoms. The van der Waals surface area contributed by atoms with Crippen LogP contribution >= 0.6 is 11.3 Å². The van der Waals surface area contributed by atoms with E-state index in [0.29, 0.717) is 11.3 Å². The zero-order valence-electron chi connectivity index (χ0n) is 18.3. The SMILES string of the molecule is C#Cc1ccc(C[C@@H](C(=O)NO)n2cc(CNS(=O)(=O)c3ccc(-c4ccccc4)s3)nn2)cc1. The van der Waals surface area contributed by atoms with Gasteiger partial charge in [-0.15, -0.1) is 22.9 Å². The molecule has 178 valence electrons. The molecule has 4 aromatic rings. The van der Waals surface area contributed by atoms with Gasteiger partial charge in [0.2, 0.25) is 10.0 Å². The third kappa shape index (κ3) is 5.82. The first-order chi connectivity index (χ1) is 16.9. The fraction of sp³-hybridized carbons (Fsp3) is 0.125. The summed E-state index contributed by atoms with van der Waals surface area (Å²) in [6, 6.07) is 19.0. The lowest BCUT2D eigenvalue weighted by atomic mass is 10.0. The number of hydrogen-bond donors (Lipinski definition) is 3. The second kappa shape index (κ2) is 10.6. The highest BCUT2D eigenvalue weighted by molar-refractivity contribution is 7.91. The zero-order chi connectivity index (χ0) is 24.8. The minimum atomic E-state index is -3.78. The predicted octanol–water partition coefficient (Wildman–Crippen LogP) is 2.76. The highest BCUT2D eigenvalue weighted by Crippen LogP contribution is 2.30. The summed E-state index contributed by atoms with van der Waals surface area (Å²) in [7, 11) is -3.78. The number of nitrogens with zero attached hydrogens (tertiary/aromatic N) is 3. The van der Waals surface area contributed by atoms with Crippen LogP contribution in [0, 0.1) is 12.3 Å². The molecule has 3 N–H and O–H groups in total. The van der Waals surface area contributed by atoms with Gasteiger partial charge in [-0.3, -0.25) is 10.0 Å². The van der Waals surface area contributed by atoms with E-state index in [9.17, 15) is 18.4 Å². The summed E-state index contributed by atoms with van der Waals surface area (Å²) in [4.78, 5) is 13.1. The van der Waals surface area contributed by atoms with Gasteiger partial charge >= 0.3 is 0 Å². The molecule has 1 amide bonds. The van der Waals surface area contributed by atoms with Crippen LogP contribution in [0.5, 0.6) is 0 Å². The maximum atomic E-state index is 12.8. The van der Waals surface area contributed by atoms with E-state index in [-0.39, 0.29) is 17.2 Å². The van der Waals surface area contributed by atoms with Crippen molar-refractivity contribution in [1.82, 2.24) is 25.2 Å². The standard InChI is InChI=1S/C24H21N5O4S2/c1-2-17-8-10-18(11-9-17)14-21(24(30)27-31)29-16-20(26-28-29)15-25-35(32,33)23-13-12-22(34-23)19-6-4-3-5-7-19/h1,3-13,16,21,25,31H,14-15H2,(H,27,30)/t21-/m0/s1. The van der Waals surface area contributed by atoms with Crippen LogP contribution in [-0.2, 0) is 27.8 Å². The third-order valence-corrected chi connectivity index (χ3v) is 8.21. The number of aromatic nitrogens is 3.